The summed E-state index contributed by atoms with van der Waals surface area (Å²) in [6.07, 6.45) is 3.94. The van der Waals surface area contributed by atoms with Crippen molar-refractivity contribution in [2.75, 3.05) is 26.8 Å². The number of ether oxygens (including phenoxy) is 2. The maximum Gasteiger partial charge on any atom is 0.343 e. The van der Waals surface area contributed by atoms with Crippen LogP contribution in [0.15, 0.2) is 40.1 Å². The van der Waals surface area contributed by atoms with E-state index in [4.69, 9.17) is 9.47 Å². The predicted molar refractivity (Wildman–Crippen MR) is 122 cm³/mol. The number of hydrogen-bond donors (Lipinski definition) is 0. The van der Waals surface area contributed by atoms with Gasteiger partial charge in [0.1, 0.15) is 17.0 Å². The Kier molecular flexibility index (Phi) is 6.83. The second kappa shape index (κ2) is 9.95. The summed E-state index contributed by atoms with van der Waals surface area (Å²) < 4.78 is 12.4. The van der Waals surface area contributed by atoms with Crippen molar-refractivity contribution in [2.45, 2.75) is 26.3 Å². The molecule has 10 heteroatoms. The third-order valence-electron chi connectivity index (χ3n) is 5.50. The van der Waals surface area contributed by atoms with E-state index < -0.39 is 5.97 Å². The smallest absolute Gasteiger partial charge is 0.343 e. The molecule has 0 N–H and O–H groups in total. The molecule has 1 aliphatic heterocycles. The molecule has 0 spiro atoms. The number of methoxy groups -OCH3 is 1. The molecule has 4 rings (SSSR count). The average molecular weight is 469 g/mol. The highest BCUT2D eigenvalue weighted by Gasteiger charge is 2.28. The van der Waals surface area contributed by atoms with Crippen molar-refractivity contribution in [1.82, 2.24) is 19.4 Å². The van der Waals surface area contributed by atoms with Crippen LogP contribution in [0.3, 0.4) is 0 Å². The Morgan fingerprint density at radius 2 is 2.03 bits per heavy atom. The monoisotopic (exact) mass is 468 g/mol. The van der Waals surface area contributed by atoms with Gasteiger partial charge in [0.05, 0.1) is 25.6 Å². The molecule has 33 heavy (non-hydrogen) atoms. The molecule has 0 radical (unpaired) electrons. The first-order valence-electron chi connectivity index (χ1n) is 10.5. The molecule has 9 nitrogen and oxygen atoms in total. The van der Waals surface area contributed by atoms with E-state index in [2.05, 4.69) is 9.97 Å². The number of thiophene rings is 1. The second-order valence-corrected chi connectivity index (χ2v) is 8.41. The minimum atomic E-state index is -0.575. The largest absolute Gasteiger partial charge is 0.492 e. The molecule has 0 aromatic carbocycles. The van der Waals surface area contributed by atoms with Crippen LogP contribution in [-0.4, -0.2) is 58.1 Å². The number of fused-ring (bicyclic) bond motifs is 1. The number of carbonyl (C=O) groups excluding carboxylic acids is 2. The third-order valence-corrected chi connectivity index (χ3v) is 6.23. The highest BCUT2D eigenvalue weighted by molar-refractivity contribution is 7.07. The number of pyridine rings is 1. The Morgan fingerprint density at radius 3 is 2.73 bits per heavy atom. The van der Waals surface area contributed by atoms with E-state index in [1.807, 2.05) is 16.8 Å². The lowest BCUT2D eigenvalue weighted by atomic mass is 10.1. The van der Waals surface area contributed by atoms with E-state index in [0.717, 1.165) is 11.3 Å². The fraction of sp³-hybridized carbons (Fsp3) is 0.348. The molecular weight excluding hydrogens is 444 g/mol. The Labute approximate surface area is 194 Å². The van der Waals surface area contributed by atoms with Crippen LogP contribution < -0.4 is 10.3 Å². The molecule has 0 aliphatic carbocycles. The maximum absolute atomic E-state index is 12.9. The summed E-state index contributed by atoms with van der Waals surface area (Å²) in [5, 5.41) is 4.01. The number of carbonyl (C=O) groups is 2. The first kappa shape index (κ1) is 22.7. The fourth-order valence-corrected chi connectivity index (χ4v) is 4.47. The van der Waals surface area contributed by atoms with Gasteiger partial charge in [0.25, 0.3) is 11.5 Å². The summed E-state index contributed by atoms with van der Waals surface area (Å²) in [4.78, 5) is 48.4. The second-order valence-electron chi connectivity index (χ2n) is 7.63. The standard InChI is InChI=1S/C23H24N4O5S/c1-15-12-25-17(13-24-15)22(29)26-6-3-18-21(23(30)31-2)19(11-20(28)27(18)8-7-26)32-9-4-16-5-10-33-14-16/h5,10-14H,3-4,6-9H2,1-2H3. The van der Waals surface area contributed by atoms with Gasteiger partial charge >= 0.3 is 5.97 Å². The molecule has 3 aromatic rings. The maximum atomic E-state index is 12.9. The van der Waals surface area contributed by atoms with Gasteiger partial charge in [-0.1, -0.05) is 0 Å². The quantitative estimate of drug-likeness (QED) is 0.511. The molecule has 0 unspecified atom stereocenters. The van der Waals surface area contributed by atoms with Gasteiger partial charge in [0, 0.05) is 50.4 Å². The molecule has 0 saturated heterocycles. The van der Waals surface area contributed by atoms with E-state index in [-0.39, 0.29) is 35.0 Å². The number of esters is 1. The fourth-order valence-electron chi connectivity index (χ4n) is 3.77. The molecular formula is C23H24N4O5S. The highest BCUT2D eigenvalue weighted by atomic mass is 32.1. The molecule has 0 saturated carbocycles. The van der Waals surface area contributed by atoms with E-state index in [9.17, 15) is 14.4 Å². The number of hydrogen-bond acceptors (Lipinski definition) is 8. The predicted octanol–water partition coefficient (Wildman–Crippen LogP) is 2.11. The molecule has 4 heterocycles. The number of rotatable bonds is 6. The molecule has 172 valence electrons. The summed E-state index contributed by atoms with van der Waals surface area (Å²) in [6.45, 7) is 2.99. The topological polar surface area (TPSA) is 104 Å². The summed E-state index contributed by atoms with van der Waals surface area (Å²) in [6, 6.07) is 3.33. The van der Waals surface area contributed by atoms with Gasteiger partial charge in [-0.15, -0.1) is 0 Å². The van der Waals surface area contributed by atoms with Crippen molar-refractivity contribution in [3.8, 4) is 5.75 Å². The lowest BCUT2D eigenvalue weighted by Crippen LogP contribution is -2.34. The minimum absolute atomic E-state index is 0.206. The number of nitrogens with zero attached hydrogens (tertiary/aromatic N) is 4. The van der Waals surface area contributed by atoms with Crippen molar-refractivity contribution < 1.29 is 19.1 Å². The van der Waals surface area contributed by atoms with Crippen molar-refractivity contribution in [3.05, 3.63) is 73.8 Å². The molecule has 1 aliphatic rings. The third kappa shape index (κ3) is 4.95. The van der Waals surface area contributed by atoms with Crippen LogP contribution in [0.1, 0.15) is 37.8 Å². The summed E-state index contributed by atoms with van der Waals surface area (Å²) in [5.74, 6) is -0.638. The van der Waals surface area contributed by atoms with Crippen molar-refractivity contribution in [1.29, 1.82) is 0 Å². The van der Waals surface area contributed by atoms with Gasteiger partial charge in [-0.25, -0.2) is 9.78 Å². The Hall–Kier alpha value is -3.53. The van der Waals surface area contributed by atoms with E-state index in [1.54, 1.807) is 29.4 Å². The zero-order valence-corrected chi connectivity index (χ0v) is 19.3. The van der Waals surface area contributed by atoms with Gasteiger partial charge in [0.15, 0.2) is 0 Å². The van der Waals surface area contributed by atoms with Gasteiger partial charge in [-0.2, -0.15) is 11.3 Å². The summed E-state index contributed by atoms with van der Waals surface area (Å²) >= 11 is 1.60. The Balaban J connectivity index is 1.59. The highest BCUT2D eigenvalue weighted by Crippen LogP contribution is 2.24. The van der Waals surface area contributed by atoms with Crippen LogP contribution in [0.4, 0.5) is 0 Å². The molecule has 0 fully saturated rings. The molecule has 1 amide bonds. The number of aromatic nitrogens is 3. The number of amides is 1. The zero-order chi connectivity index (χ0) is 23.4. The first-order chi connectivity index (χ1) is 16.0. The Bertz CT molecular complexity index is 1200. The van der Waals surface area contributed by atoms with Crippen LogP contribution in [0.5, 0.6) is 5.75 Å². The van der Waals surface area contributed by atoms with Crippen molar-refractivity contribution in [2.24, 2.45) is 0 Å². The van der Waals surface area contributed by atoms with Crippen LogP contribution in [0, 0.1) is 6.92 Å². The van der Waals surface area contributed by atoms with Gasteiger partial charge in [0.2, 0.25) is 0 Å². The van der Waals surface area contributed by atoms with E-state index in [1.165, 1.54) is 23.9 Å². The van der Waals surface area contributed by atoms with Crippen LogP contribution in [0.25, 0.3) is 0 Å². The van der Waals surface area contributed by atoms with Gasteiger partial charge in [-0.05, 0) is 29.3 Å². The normalized spacial score (nSPS) is 13.2. The van der Waals surface area contributed by atoms with Crippen LogP contribution in [0.2, 0.25) is 0 Å². The zero-order valence-electron chi connectivity index (χ0n) is 18.4. The van der Waals surface area contributed by atoms with Crippen LogP contribution in [-0.2, 0) is 24.1 Å². The summed E-state index contributed by atoms with van der Waals surface area (Å²) in [5.41, 5.74) is 2.53. The Morgan fingerprint density at radius 1 is 1.18 bits per heavy atom. The first-order valence-corrected chi connectivity index (χ1v) is 11.5. The van der Waals surface area contributed by atoms with E-state index in [0.29, 0.717) is 38.2 Å². The average Bonchev–Trinajstić information content (AvgIpc) is 3.23. The minimum Gasteiger partial charge on any atom is -0.492 e. The van der Waals surface area contributed by atoms with Crippen molar-refractivity contribution in [3.63, 3.8) is 0 Å². The van der Waals surface area contributed by atoms with Gasteiger partial charge < -0.3 is 18.9 Å². The van der Waals surface area contributed by atoms with Gasteiger partial charge in [-0.3, -0.25) is 14.6 Å². The molecule has 3 aromatic heterocycles. The van der Waals surface area contributed by atoms with Crippen LogP contribution >= 0.6 is 11.3 Å². The lowest BCUT2D eigenvalue weighted by Gasteiger charge is -2.19. The van der Waals surface area contributed by atoms with E-state index >= 15 is 0 Å². The number of aryl methyl sites for hydroxylation is 1. The molecule has 0 bridgehead atoms. The van der Waals surface area contributed by atoms with Crippen molar-refractivity contribution >= 4 is 23.2 Å². The molecule has 0 atom stereocenters. The summed E-state index contributed by atoms with van der Waals surface area (Å²) in [7, 11) is 1.29. The SMILES string of the molecule is COC(=O)c1c(OCCc2ccsc2)cc(=O)n2c1CCN(C(=O)c1cnc(C)cn1)CC2. The lowest BCUT2D eigenvalue weighted by molar-refractivity contribution is 0.0593.